The average molecular weight is 358 g/mol. The molecule has 0 saturated carbocycles. The standard InChI is InChI=1S/C10H9Cl2NO7S/c11-6-2-1-5(3-7(6)12)4-13-21(18,19)20-8(9(14)15)10(16)17/h1-3,8,13H,4H2,(H,14,15)(H,16,17). The highest BCUT2D eigenvalue weighted by molar-refractivity contribution is 7.84. The molecule has 0 aliphatic heterocycles. The largest absolute Gasteiger partial charge is 0.479 e. The van der Waals surface area contributed by atoms with Crippen LogP contribution in [0.3, 0.4) is 0 Å². The van der Waals surface area contributed by atoms with Crippen molar-refractivity contribution in [2.24, 2.45) is 0 Å². The first-order valence-corrected chi connectivity index (χ1v) is 7.36. The van der Waals surface area contributed by atoms with E-state index < -0.39 is 28.3 Å². The van der Waals surface area contributed by atoms with Crippen molar-refractivity contribution in [1.82, 2.24) is 4.72 Å². The molecule has 11 heteroatoms. The van der Waals surface area contributed by atoms with Crippen LogP contribution in [-0.4, -0.2) is 36.7 Å². The second-order valence-corrected chi connectivity index (χ2v) is 5.88. The highest BCUT2D eigenvalue weighted by Gasteiger charge is 2.32. The number of hydrogen-bond donors (Lipinski definition) is 3. The molecule has 0 spiro atoms. The van der Waals surface area contributed by atoms with E-state index in [0.29, 0.717) is 5.56 Å². The Hall–Kier alpha value is -1.39. The molecule has 0 aliphatic rings. The number of carboxylic acids is 2. The van der Waals surface area contributed by atoms with Gasteiger partial charge >= 0.3 is 22.2 Å². The van der Waals surface area contributed by atoms with Gasteiger partial charge in [-0.25, -0.2) is 13.8 Å². The number of rotatable bonds is 7. The van der Waals surface area contributed by atoms with Gasteiger partial charge in [-0.05, 0) is 17.7 Å². The van der Waals surface area contributed by atoms with Gasteiger partial charge in [-0.3, -0.25) is 0 Å². The smallest absolute Gasteiger partial charge is 0.346 e. The Labute approximate surface area is 129 Å². The molecule has 1 aromatic rings. The lowest BCUT2D eigenvalue weighted by atomic mass is 10.2. The van der Waals surface area contributed by atoms with Crippen LogP contribution in [0, 0.1) is 0 Å². The summed E-state index contributed by atoms with van der Waals surface area (Å²) < 4.78 is 28.8. The van der Waals surface area contributed by atoms with E-state index in [1.165, 1.54) is 18.2 Å². The predicted molar refractivity (Wildman–Crippen MR) is 72.4 cm³/mol. The number of hydrogen-bond acceptors (Lipinski definition) is 5. The lowest BCUT2D eigenvalue weighted by molar-refractivity contribution is -0.158. The highest BCUT2D eigenvalue weighted by atomic mass is 35.5. The molecule has 0 fully saturated rings. The van der Waals surface area contributed by atoms with E-state index in [2.05, 4.69) is 4.18 Å². The van der Waals surface area contributed by atoms with Gasteiger partial charge in [0.1, 0.15) is 0 Å². The first-order chi connectivity index (χ1) is 9.62. The van der Waals surface area contributed by atoms with Gasteiger partial charge in [-0.15, -0.1) is 0 Å². The molecule has 0 unspecified atom stereocenters. The van der Waals surface area contributed by atoms with E-state index in [-0.39, 0.29) is 16.6 Å². The first kappa shape index (κ1) is 17.7. The third-order valence-electron chi connectivity index (χ3n) is 2.11. The van der Waals surface area contributed by atoms with Crippen LogP contribution < -0.4 is 4.72 Å². The van der Waals surface area contributed by atoms with Crippen LogP contribution in [0.4, 0.5) is 0 Å². The number of aliphatic carboxylic acids is 2. The number of carbonyl (C=O) groups is 2. The number of nitrogens with one attached hydrogen (secondary N) is 1. The van der Waals surface area contributed by atoms with Gasteiger partial charge in [-0.2, -0.15) is 13.1 Å². The van der Waals surface area contributed by atoms with Gasteiger partial charge in [0, 0.05) is 6.54 Å². The topological polar surface area (TPSA) is 130 Å². The van der Waals surface area contributed by atoms with Gasteiger partial charge in [-0.1, -0.05) is 29.3 Å². The summed E-state index contributed by atoms with van der Waals surface area (Å²) in [5, 5.41) is 17.5. The molecule has 21 heavy (non-hydrogen) atoms. The lowest BCUT2D eigenvalue weighted by Crippen LogP contribution is -2.38. The molecule has 1 aromatic carbocycles. The maximum absolute atomic E-state index is 11.5. The molecule has 0 bridgehead atoms. The third kappa shape index (κ3) is 5.48. The Morgan fingerprint density at radius 3 is 2.24 bits per heavy atom. The normalized spacial score (nSPS) is 11.6. The maximum atomic E-state index is 11.5. The SMILES string of the molecule is O=C(O)C(OS(=O)(=O)NCc1ccc(Cl)c(Cl)c1)C(=O)O. The van der Waals surface area contributed by atoms with Crippen molar-refractivity contribution in [1.29, 1.82) is 0 Å². The Bertz CT molecular complexity index is 647. The summed E-state index contributed by atoms with van der Waals surface area (Å²) in [4.78, 5) is 21.1. The fourth-order valence-electron chi connectivity index (χ4n) is 1.17. The molecule has 116 valence electrons. The van der Waals surface area contributed by atoms with Crippen LogP contribution in [0.1, 0.15) is 5.56 Å². The van der Waals surface area contributed by atoms with E-state index in [1.807, 2.05) is 4.72 Å². The van der Waals surface area contributed by atoms with Gasteiger partial charge in [0.15, 0.2) is 0 Å². The zero-order valence-electron chi connectivity index (χ0n) is 10.1. The van der Waals surface area contributed by atoms with Crippen LogP contribution in [0.5, 0.6) is 0 Å². The van der Waals surface area contributed by atoms with Crippen molar-refractivity contribution in [3.05, 3.63) is 33.8 Å². The maximum Gasteiger partial charge on any atom is 0.346 e. The van der Waals surface area contributed by atoms with E-state index in [9.17, 15) is 18.0 Å². The lowest BCUT2D eigenvalue weighted by Gasteiger charge is -2.10. The van der Waals surface area contributed by atoms with E-state index in [0.717, 1.165) is 0 Å². The highest BCUT2D eigenvalue weighted by Crippen LogP contribution is 2.22. The Morgan fingerprint density at radius 1 is 1.19 bits per heavy atom. The molecule has 1 rings (SSSR count). The molecular weight excluding hydrogens is 349 g/mol. The molecule has 0 atom stereocenters. The summed E-state index contributed by atoms with van der Waals surface area (Å²) in [5.74, 6) is -3.88. The molecule has 0 saturated heterocycles. The first-order valence-electron chi connectivity index (χ1n) is 5.20. The molecule has 3 N–H and O–H groups in total. The molecule has 0 amide bonds. The monoisotopic (exact) mass is 357 g/mol. The quantitative estimate of drug-likeness (QED) is 0.617. The van der Waals surface area contributed by atoms with Crippen molar-refractivity contribution in [2.45, 2.75) is 12.6 Å². The summed E-state index contributed by atoms with van der Waals surface area (Å²) >= 11 is 11.4. The minimum absolute atomic E-state index is 0.197. The zero-order chi connectivity index (χ0) is 16.2. The fraction of sp³-hybridized carbons (Fsp3) is 0.200. The molecule has 8 nitrogen and oxygen atoms in total. The van der Waals surface area contributed by atoms with Crippen molar-refractivity contribution >= 4 is 45.4 Å². The van der Waals surface area contributed by atoms with Crippen LogP contribution in [0.15, 0.2) is 18.2 Å². The van der Waals surface area contributed by atoms with Gasteiger partial charge in [0.2, 0.25) is 0 Å². The number of halogens is 2. The Kier molecular flexibility index (Phi) is 5.93. The summed E-state index contributed by atoms with van der Waals surface area (Å²) in [7, 11) is -4.58. The van der Waals surface area contributed by atoms with E-state index in [1.54, 1.807) is 0 Å². The average Bonchev–Trinajstić information content (AvgIpc) is 2.37. The van der Waals surface area contributed by atoms with Gasteiger partial charge in [0.25, 0.3) is 6.10 Å². The summed E-state index contributed by atoms with van der Waals surface area (Å²) in [6.45, 7) is -0.287. The second kappa shape index (κ2) is 7.05. The van der Waals surface area contributed by atoms with Crippen molar-refractivity contribution in [2.75, 3.05) is 0 Å². The van der Waals surface area contributed by atoms with E-state index >= 15 is 0 Å². The van der Waals surface area contributed by atoms with Gasteiger partial charge in [0.05, 0.1) is 10.0 Å². The fourth-order valence-corrected chi connectivity index (χ4v) is 2.32. The third-order valence-corrected chi connectivity index (χ3v) is 3.79. The number of benzene rings is 1. The second-order valence-electron chi connectivity index (χ2n) is 3.68. The molecule has 0 aromatic heterocycles. The molecule has 0 aliphatic carbocycles. The van der Waals surface area contributed by atoms with Crippen molar-refractivity contribution in [3.8, 4) is 0 Å². The van der Waals surface area contributed by atoms with Gasteiger partial charge < -0.3 is 10.2 Å². The minimum atomic E-state index is -4.58. The van der Waals surface area contributed by atoms with Crippen LogP contribution >= 0.6 is 23.2 Å². The van der Waals surface area contributed by atoms with Crippen molar-refractivity contribution < 1.29 is 32.4 Å². The predicted octanol–water partition coefficient (Wildman–Crippen LogP) is 0.882. The molecule has 0 heterocycles. The summed E-state index contributed by atoms with van der Waals surface area (Å²) in [6, 6.07) is 4.30. The Morgan fingerprint density at radius 2 is 1.76 bits per heavy atom. The van der Waals surface area contributed by atoms with Crippen LogP contribution in [-0.2, 0) is 30.6 Å². The zero-order valence-corrected chi connectivity index (χ0v) is 12.4. The molecular formula is C10H9Cl2NO7S. The summed E-state index contributed by atoms with van der Waals surface area (Å²) in [5.41, 5.74) is 0.416. The Balaban J connectivity index is 2.74. The minimum Gasteiger partial charge on any atom is -0.479 e. The summed E-state index contributed by atoms with van der Waals surface area (Å²) in [6.07, 6.45) is -2.53. The number of carboxylic acid groups (broad SMARTS) is 2. The van der Waals surface area contributed by atoms with Crippen LogP contribution in [0.2, 0.25) is 10.0 Å². The van der Waals surface area contributed by atoms with Crippen LogP contribution in [0.25, 0.3) is 0 Å². The van der Waals surface area contributed by atoms with Crippen molar-refractivity contribution in [3.63, 3.8) is 0 Å². The van der Waals surface area contributed by atoms with E-state index in [4.69, 9.17) is 33.4 Å². The molecule has 0 radical (unpaired) electrons.